The van der Waals surface area contributed by atoms with Crippen LogP contribution in [0.1, 0.15) is 46.1 Å². The van der Waals surface area contributed by atoms with Crippen LogP contribution in [0.2, 0.25) is 0 Å². The van der Waals surface area contributed by atoms with Crippen LogP contribution in [0, 0.1) is 11.3 Å². The predicted octanol–water partition coefficient (Wildman–Crippen LogP) is 3.33. The fourth-order valence-corrected chi connectivity index (χ4v) is 3.36. The number of methoxy groups -OCH3 is 1. The fraction of sp³-hybridized carbons (Fsp3) is 0.619. The molecule has 2 amide bonds. The summed E-state index contributed by atoms with van der Waals surface area (Å²) in [6.07, 6.45) is 1.50. The number of amides is 2. The average molecular weight is 360 g/mol. The second kappa shape index (κ2) is 8.56. The smallest absolute Gasteiger partial charge is 0.227 e. The van der Waals surface area contributed by atoms with Crippen molar-refractivity contribution in [1.29, 1.82) is 0 Å². The lowest BCUT2D eigenvalue weighted by molar-refractivity contribution is -0.145. The molecule has 2 rings (SSSR count). The molecule has 1 aliphatic heterocycles. The Morgan fingerprint density at radius 1 is 1.15 bits per heavy atom. The van der Waals surface area contributed by atoms with E-state index in [9.17, 15) is 9.59 Å². The van der Waals surface area contributed by atoms with Crippen molar-refractivity contribution < 1.29 is 14.3 Å². The van der Waals surface area contributed by atoms with E-state index in [2.05, 4.69) is 0 Å². The van der Waals surface area contributed by atoms with Gasteiger partial charge in [0.15, 0.2) is 0 Å². The Morgan fingerprint density at radius 3 is 2.19 bits per heavy atom. The number of carbonyl (C=O) groups is 2. The molecule has 0 aliphatic carbocycles. The lowest BCUT2D eigenvalue weighted by atomic mass is 9.90. The van der Waals surface area contributed by atoms with E-state index >= 15 is 0 Å². The molecule has 0 spiro atoms. The number of hydrogen-bond acceptors (Lipinski definition) is 3. The molecule has 0 atom stereocenters. The lowest BCUT2D eigenvalue weighted by Crippen LogP contribution is -2.47. The van der Waals surface area contributed by atoms with Gasteiger partial charge in [-0.05, 0) is 37.5 Å². The molecule has 26 heavy (non-hydrogen) atoms. The number of hydrogen-bond donors (Lipinski definition) is 0. The first kappa shape index (κ1) is 20.3. The topological polar surface area (TPSA) is 49.9 Å². The number of rotatable bonds is 5. The molecule has 5 nitrogen and oxygen atoms in total. The van der Waals surface area contributed by atoms with E-state index in [0.29, 0.717) is 26.2 Å². The third kappa shape index (κ3) is 4.99. The summed E-state index contributed by atoms with van der Waals surface area (Å²) in [7, 11) is 1.65. The van der Waals surface area contributed by atoms with Crippen molar-refractivity contribution in [2.24, 2.45) is 11.3 Å². The first-order valence-corrected chi connectivity index (χ1v) is 9.47. The van der Waals surface area contributed by atoms with E-state index in [1.165, 1.54) is 0 Å². The predicted molar refractivity (Wildman–Crippen MR) is 103 cm³/mol. The quantitative estimate of drug-likeness (QED) is 0.809. The fourth-order valence-electron chi connectivity index (χ4n) is 3.36. The van der Waals surface area contributed by atoms with Crippen LogP contribution < -0.4 is 4.74 Å². The number of benzene rings is 1. The van der Waals surface area contributed by atoms with E-state index in [-0.39, 0.29) is 23.1 Å². The van der Waals surface area contributed by atoms with Crippen LogP contribution in [0.3, 0.4) is 0 Å². The number of nitrogens with zero attached hydrogens (tertiary/aromatic N) is 2. The van der Waals surface area contributed by atoms with E-state index < -0.39 is 0 Å². The van der Waals surface area contributed by atoms with Crippen molar-refractivity contribution in [3.8, 4) is 5.75 Å². The van der Waals surface area contributed by atoms with Crippen molar-refractivity contribution in [2.45, 2.75) is 47.1 Å². The maximum atomic E-state index is 12.9. The highest BCUT2D eigenvalue weighted by atomic mass is 16.5. The Labute approximate surface area is 157 Å². The molecule has 0 radical (unpaired) electrons. The van der Waals surface area contributed by atoms with E-state index in [0.717, 1.165) is 24.2 Å². The van der Waals surface area contributed by atoms with Gasteiger partial charge in [-0.25, -0.2) is 0 Å². The number of piperidine rings is 1. The summed E-state index contributed by atoms with van der Waals surface area (Å²) >= 11 is 0. The van der Waals surface area contributed by atoms with Crippen LogP contribution in [0.25, 0.3) is 0 Å². The van der Waals surface area contributed by atoms with Crippen LogP contribution in [-0.2, 0) is 16.1 Å². The summed E-state index contributed by atoms with van der Waals surface area (Å²) < 4.78 is 5.18. The Balaban J connectivity index is 1.93. The van der Waals surface area contributed by atoms with Gasteiger partial charge in [-0.1, -0.05) is 32.9 Å². The molecule has 1 fully saturated rings. The molecule has 0 aromatic heterocycles. The molecule has 0 N–H and O–H groups in total. The average Bonchev–Trinajstić information content (AvgIpc) is 2.64. The van der Waals surface area contributed by atoms with Crippen molar-refractivity contribution in [3.05, 3.63) is 29.8 Å². The number of likely N-dealkylation sites (tertiary alicyclic amines) is 1. The molecule has 1 aromatic carbocycles. The van der Waals surface area contributed by atoms with Gasteiger partial charge >= 0.3 is 0 Å². The third-order valence-corrected chi connectivity index (χ3v) is 5.00. The standard InChI is InChI=1S/C21H32N2O3/c1-6-22(15-16-7-9-18(26-5)10-8-16)19(24)17-11-13-23(14-12-17)20(25)21(2,3)4/h7-10,17H,6,11-15H2,1-5H3. The Morgan fingerprint density at radius 2 is 1.73 bits per heavy atom. The minimum absolute atomic E-state index is 0.0113. The van der Waals surface area contributed by atoms with Crippen LogP contribution in [-0.4, -0.2) is 48.4 Å². The second-order valence-corrected chi connectivity index (χ2v) is 8.02. The molecule has 1 saturated heterocycles. The first-order chi connectivity index (χ1) is 12.3. The van der Waals surface area contributed by atoms with Gasteiger partial charge < -0.3 is 14.5 Å². The van der Waals surface area contributed by atoms with Crippen LogP contribution in [0.15, 0.2) is 24.3 Å². The minimum Gasteiger partial charge on any atom is -0.497 e. The third-order valence-electron chi connectivity index (χ3n) is 5.00. The summed E-state index contributed by atoms with van der Waals surface area (Å²) in [5, 5.41) is 0. The maximum absolute atomic E-state index is 12.9. The van der Waals surface area contributed by atoms with Gasteiger partial charge in [0.25, 0.3) is 0 Å². The molecular weight excluding hydrogens is 328 g/mol. The summed E-state index contributed by atoms with van der Waals surface area (Å²) in [4.78, 5) is 29.1. The minimum atomic E-state index is -0.360. The van der Waals surface area contributed by atoms with E-state index in [4.69, 9.17) is 4.74 Å². The molecular formula is C21H32N2O3. The number of carbonyl (C=O) groups excluding carboxylic acids is 2. The number of ether oxygens (including phenoxy) is 1. The largest absolute Gasteiger partial charge is 0.497 e. The van der Waals surface area contributed by atoms with Gasteiger partial charge in [-0.15, -0.1) is 0 Å². The normalized spacial score (nSPS) is 15.7. The monoisotopic (exact) mass is 360 g/mol. The van der Waals surface area contributed by atoms with Crippen molar-refractivity contribution in [2.75, 3.05) is 26.7 Å². The highest BCUT2D eigenvalue weighted by Gasteiger charge is 2.33. The Kier molecular flexibility index (Phi) is 6.68. The highest BCUT2D eigenvalue weighted by Crippen LogP contribution is 2.25. The van der Waals surface area contributed by atoms with Gasteiger partial charge in [0.1, 0.15) is 5.75 Å². The zero-order valence-corrected chi connectivity index (χ0v) is 16.7. The maximum Gasteiger partial charge on any atom is 0.227 e. The van der Waals surface area contributed by atoms with Gasteiger partial charge in [-0.3, -0.25) is 9.59 Å². The lowest BCUT2D eigenvalue weighted by Gasteiger charge is -2.36. The first-order valence-electron chi connectivity index (χ1n) is 9.47. The van der Waals surface area contributed by atoms with Gasteiger partial charge in [0.05, 0.1) is 7.11 Å². The molecule has 1 heterocycles. The van der Waals surface area contributed by atoms with Crippen molar-refractivity contribution >= 4 is 11.8 Å². The van der Waals surface area contributed by atoms with Crippen LogP contribution >= 0.6 is 0 Å². The van der Waals surface area contributed by atoms with E-state index in [1.807, 2.05) is 61.8 Å². The van der Waals surface area contributed by atoms with Crippen LogP contribution in [0.4, 0.5) is 0 Å². The molecule has 1 aliphatic rings. The van der Waals surface area contributed by atoms with Gasteiger partial charge in [0.2, 0.25) is 11.8 Å². The SMILES string of the molecule is CCN(Cc1ccc(OC)cc1)C(=O)C1CCN(C(=O)C(C)(C)C)CC1. The van der Waals surface area contributed by atoms with Crippen molar-refractivity contribution in [3.63, 3.8) is 0 Å². The van der Waals surface area contributed by atoms with Crippen molar-refractivity contribution in [1.82, 2.24) is 9.80 Å². The summed E-state index contributed by atoms with van der Waals surface area (Å²) in [5.74, 6) is 1.20. The molecule has 5 heteroatoms. The molecule has 144 valence electrons. The van der Waals surface area contributed by atoms with Gasteiger partial charge in [0, 0.05) is 37.5 Å². The highest BCUT2D eigenvalue weighted by molar-refractivity contribution is 5.82. The molecule has 0 saturated carbocycles. The van der Waals surface area contributed by atoms with Gasteiger partial charge in [-0.2, -0.15) is 0 Å². The zero-order chi connectivity index (χ0) is 19.3. The molecule has 1 aromatic rings. The zero-order valence-electron chi connectivity index (χ0n) is 16.7. The van der Waals surface area contributed by atoms with Crippen LogP contribution in [0.5, 0.6) is 5.75 Å². The summed E-state index contributed by atoms with van der Waals surface area (Å²) in [6.45, 7) is 10.5. The molecule has 0 unspecified atom stereocenters. The Hall–Kier alpha value is -2.04. The summed E-state index contributed by atoms with van der Waals surface area (Å²) in [6, 6.07) is 7.84. The summed E-state index contributed by atoms with van der Waals surface area (Å²) in [5.41, 5.74) is 0.738. The van der Waals surface area contributed by atoms with E-state index in [1.54, 1.807) is 7.11 Å². The second-order valence-electron chi connectivity index (χ2n) is 8.02. The Bertz CT molecular complexity index is 611. The molecule has 0 bridgehead atoms.